The molecule has 3 aromatic rings. The maximum atomic E-state index is 12.9. The van der Waals surface area contributed by atoms with Crippen molar-refractivity contribution in [2.24, 2.45) is 0 Å². The Balaban J connectivity index is 1.53. The molecule has 2 heterocycles. The van der Waals surface area contributed by atoms with E-state index in [9.17, 15) is 9.59 Å². The number of carbonyl (C=O) groups is 1. The van der Waals surface area contributed by atoms with Gasteiger partial charge in [-0.1, -0.05) is 12.1 Å². The SMILES string of the molecule is Cc1ccn(C2CC2)c(=O)c1C(=O)N(C)CCn1cnc2ccccc21. The summed E-state index contributed by atoms with van der Waals surface area (Å²) in [6.45, 7) is 2.96. The number of aromatic nitrogens is 3. The summed E-state index contributed by atoms with van der Waals surface area (Å²) in [5, 5.41) is 0. The number of nitrogens with zero attached hydrogens (tertiary/aromatic N) is 4. The normalized spacial score (nSPS) is 13.9. The van der Waals surface area contributed by atoms with E-state index in [-0.39, 0.29) is 23.1 Å². The number of benzene rings is 1. The Labute approximate surface area is 151 Å². The molecule has 1 saturated carbocycles. The second-order valence-corrected chi connectivity index (χ2v) is 6.97. The van der Waals surface area contributed by atoms with Gasteiger partial charge in [-0.2, -0.15) is 0 Å². The van der Waals surface area contributed by atoms with Crippen LogP contribution in [0.15, 0.2) is 47.7 Å². The molecule has 134 valence electrons. The predicted molar refractivity (Wildman–Crippen MR) is 100 cm³/mol. The number of amides is 1. The van der Waals surface area contributed by atoms with Crippen molar-refractivity contribution < 1.29 is 4.79 Å². The number of rotatable bonds is 5. The molecule has 1 aliphatic rings. The van der Waals surface area contributed by atoms with E-state index in [1.165, 1.54) is 0 Å². The van der Waals surface area contributed by atoms with Gasteiger partial charge < -0.3 is 14.0 Å². The van der Waals surface area contributed by atoms with Crippen LogP contribution in [0.3, 0.4) is 0 Å². The molecule has 0 N–H and O–H groups in total. The minimum absolute atomic E-state index is 0.169. The summed E-state index contributed by atoms with van der Waals surface area (Å²) in [5.74, 6) is -0.216. The molecule has 0 atom stereocenters. The van der Waals surface area contributed by atoms with Crippen LogP contribution < -0.4 is 5.56 Å². The maximum Gasteiger partial charge on any atom is 0.263 e. The Morgan fingerprint density at radius 1 is 1.27 bits per heavy atom. The van der Waals surface area contributed by atoms with Crippen LogP contribution in [-0.2, 0) is 6.54 Å². The van der Waals surface area contributed by atoms with Crippen molar-refractivity contribution in [3.05, 3.63) is 64.3 Å². The first-order chi connectivity index (χ1) is 12.6. The molecule has 0 radical (unpaired) electrons. The number of hydrogen-bond acceptors (Lipinski definition) is 3. The van der Waals surface area contributed by atoms with Crippen molar-refractivity contribution >= 4 is 16.9 Å². The zero-order valence-electron chi connectivity index (χ0n) is 15.1. The van der Waals surface area contributed by atoms with Gasteiger partial charge in [0.15, 0.2) is 0 Å². The van der Waals surface area contributed by atoms with Crippen LogP contribution in [0.4, 0.5) is 0 Å². The quantitative estimate of drug-likeness (QED) is 0.711. The van der Waals surface area contributed by atoms with Gasteiger partial charge in [-0.15, -0.1) is 0 Å². The van der Waals surface area contributed by atoms with E-state index in [0.717, 1.165) is 29.4 Å². The van der Waals surface area contributed by atoms with Gasteiger partial charge in [-0.05, 0) is 43.5 Å². The minimum Gasteiger partial charge on any atom is -0.340 e. The zero-order chi connectivity index (χ0) is 18.3. The lowest BCUT2D eigenvalue weighted by molar-refractivity contribution is 0.0787. The van der Waals surface area contributed by atoms with E-state index >= 15 is 0 Å². The van der Waals surface area contributed by atoms with Gasteiger partial charge in [0.05, 0.1) is 17.4 Å². The lowest BCUT2D eigenvalue weighted by Gasteiger charge is -2.19. The highest BCUT2D eigenvalue weighted by molar-refractivity contribution is 5.95. The van der Waals surface area contributed by atoms with Crippen LogP contribution in [0.1, 0.15) is 34.8 Å². The Bertz CT molecular complexity index is 1030. The van der Waals surface area contributed by atoms with Gasteiger partial charge in [0.25, 0.3) is 11.5 Å². The molecule has 1 aromatic carbocycles. The lowest BCUT2D eigenvalue weighted by Crippen LogP contribution is -2.36. The monoisotopic (exact) mass is 350 g/mol. The van der Waals surface area contributed by atoms with E-state index in [1.54, 1.807) is 22.8 Å². The van der Waals surface area contributed by atoms with Crippen molar-refractivity contribution in [3.8, 4) is 0 Å². The summed E-state index contributed by atoms with van der Waals surface area (Å²) in [7, 11) is 1.74. The molecule has 6 nitrogen and oxygen atoms in total. The second-order valence-electron chi connectivity index (χ2n) is 6.97. The summed E-state index contributed by atoms with van der Waals surface area (Å²) in [6, 6.07) is 10.0. The molecule has 0 spiro atoms. The highest BCUT2D eigenvalue weighted by Gasteiger charge is 2.27. The molecular formula is C20H22N4O2. The molecule has 6 heteroatoms. The minimum atomic E-state index is -0.216. The highest BCUT2D eigenvalue weighted by atomic mass is 16.2. The number of fused-ring (bicyclic) bond motifs is 1. The molecule has 26 heavy (non-hydrogen) atoms. The molecule has 0 unspecified atom stereocenters. The fourth-order valence-corrected chi connectivity index (χ4v) is 3.28. The van der Waals surface area contributed by atoms with Crippen molar-refractivity contribution in [2.45, 2.75) is 32.4 Å². The van der Waals surface area contributed by atoms with Gasteiger partial charge >= 0.3 is 0 Å². The molecule has 0 saturated heterocycles. The first kappa shape index (κ1) is 16.6. The number of aryl methyl sites for hydroxylation is 1. The van der Waals surface area contributed by atoms with Crippen LogP contribution in [0.5, 0.6) is 0 Å². The fourth-order valence-electron chi connectivity index (χ4n) is 3.28. The second kappa shape index (κ2) is 6.44. The van der Waals surface area contributed by atoms with Gasteiger partial charge in [0, 0.05) is 32.4 Å². The molecule has 1 aliphatic carbocycles. The molecule has 0 bridgehead atoms. The Morgan fingerprint density at radius 3 is 2.81 bits per heavy atom. The van der Waals surface area contributed by atoms with Gasteiger partial charge in [-0.25, -0.2) is 4.98 Å². The molecular weight excluding hydrogens is 328 g/mol. The summed E-state index contributed by atoms with van der Waals surface area (Å²) in [5.41, 5.74) is 2.83. The predicted octanol–water partition coefficient (Wildman–Crippen LogP) is 2.61. The average molecular weight is 350 g/mol. The summed E-state index contributed by atoms with van der Waals surface area (Å²) in [4.78, 5) is 31.6. The van der Waals surface area contributed by atoms with E-state index in [0.29, 0.717) is 13.1 Å². The first-order valence-electron chi connectivity index (χ1n) is 8.93. The van der Waals surface area contributed by atoms with Gasteiger partial charge in [0.1, 0.15) is 5.56 Å². The van der Waals surface area contributed by atoms with Crippen LogP contribution in [-0.4, -0.2) is 38.5 Å². The third-order valence-electron chi connectivity index (χ3n) is 5.03. The van der Waals surface area contributed by atoms with Crippen molar-refractivity contribution in [3.63, 3.8) is 0 Å². The Morgan fingerprint density at radius 2 is 2.04 bits per heavy atom. The number of likely N-dealkylation sites (N-methyl/N-ethyl adjacent to an activating group) is 1. The molecule has 4 rings (SSSR count). The number of imidazole rings is 1. The molecule has 1 fully saturated rings. The van der Waals surface area contributed by atoms with Crippen LogP contribution in [0.2, 0.25) is 0 Å². The van der Waals surface area contributed by atoms with Crippen LogP contribution in [0, 0.1) is 6.92 Å². The van der Waals surface area contributed by atoms with E-state index in [2.05, 4.69) is 4.98 Å². The van der Waals surface area contributed by atoms with Crippen molar-refractivity contribution in [1.29, 1.82) is 0 Å². The van der Waals surface area contributed by atoms with Crippen molar-refractivity contribution in [1.82, 2.24) is 19.0 Å². The number of hydrogen-bond donors (Lipinski definition) is 0. The maximum absolute atomic E-state index is 12.9. The Kier molecular flexibility index (Phi) is 4.11. The van der Waals surface area contributed by atoms with Crippen molar-refractivity contribution in [2.75, 3.05) is 13.6 Å². The third-order valence-corrected chi connectivity index (χ3v) is 5.03. The standard InChI is InChI=1S/C20H22N4O2/c1-14-9-10-24(15-7-8-15)20(26)18(14)19(25)22(2)11-12-23-13-21-16-5-3-4-6-17(16)23/h3-6,9-10,13,15H,7-8,11-12H2,1-2H3. The Hall–Kier alpha value is -2.89. The van der Waals surface area contributed by atoms with Gasteiger partial charge in [-0.3, -0.25) is 9.59 Å². The smallest absolute Gasteiger partial charge is 0.263 e. The topological polar surface area (TPSA) is 60.1 Å². The third kappa shape index (κ3) is 2.92. The average Bonchev–Trinajstić information content (AvgIpc) is 3.39. The summed E-state index contributed by atoms with van der Waals surface area (Å²) >= 11 is 0. The number of carbonyl (C=O) groups excluding carboxylic acids is 1. The summed E-state index contributed by atoms with van der Waals surface area (Å²) in [6.07, 6.45) is 5.63. The lowest BCUT2D eigenvalue weighted by atomic mass is 10.1. The van der Waals surface area contributed by atoms with E-state index in [4.69, 9.17) is 0 Å². The van der Waals surface area contributed by atoms with Crippen LogP contribution in [0.25, 0.3) is 11.0 Å². The van der Waals surface area contributed by atoms with E-state index < -0.39 is 0 Å². The largest absolute Gasteiger partial charge is 0.340 e. The fraction of sp³-hybridized carbons (Fsp3) is 0.350. The number of pyridine rings is 1. The summed E-state index contributed by atoms with van der Waals surface area (Å²) < 4.78 is 3.73. The van der Waals surface area contributed by atoms with E-state index in [1.807, 2.05) is 48.0 Å². The van der Waals surface area contributed by atoms with Crippen LogP contribution >= 0.6 is 0 Å². The zero-order valence-corrected chi connectivity index (χ0v) is 15.1. The molecule has 2 aromatic heterocycles. The highest BCUT2D eigenvalue weighted by Crippen LogP contribution is 2.33. The number of para-hydroxylation sites is 2. The first-order valence-corrected chi connectivity index (χ1v) is 8.93. The molecule has 0 aliphatic heterocycles. The van der Waals surface area contributed by atoms with Gasteiger partial charge in [0.2, 0.25) is 0 Å². The molecule has 1 amide bonds.